The molecule has 0 fully saturated rings. The number of amides is 1. The Balaban J connectivity index is 1.66. The first-order valence-corrected chi connectivity index (χ1v) is 11.4. The van der Waals surface area contributed by atoms with Gasteiger partial charge in [0.05, 0.1) is 17.3 Å². The number of carbonyl (C=O) groups excluding carboxylic acids is 1. The first-order chi connectivity index (χ1) is 14.1. The van der Waals surface area contributed by atoms with E-state index < -0.39 is 0 Å². The molecule has 0 N–H and O–H groups in total. The molecule has 0 aliphatic carbocycles. The first-order valence-electron chi connectivity index (χ1n) is 9.64. The van der Waals surface area contributed by atoms with Crippen molar-refractivity contribution in [3.05, 3.63) is 48.5 Å². The molecule has 154 valence electrons. The monoisotopic (exact) mass is 429 g/mol. The number of anilines is 1. The maximum atomic E-state index is 13.0. The van der Waals surface area contributed by atoms with Crippen molar-refractivity contribution in [1.82, 2.24) is 9.88 Å². The molecule has 0 spiro atoms. The zero-order valence-electron chi connectivity index (χ0n) is 17.1. The second-order valence-electron chi connectivity index (χ2n) is 6.94. The zero-order valence-corrected chi connectivity index (χ0v) is 18.8. The number of thioether (sulfide) groups is 1. The van der Waals surface area contributed by atoms with Gasteiger partial charge in [-0.25, -0.2) is 4.98 Å². The first kappa shape index (κ1) is 21.6. The molecule has 5 nitrogen and oxygen atoms in total. The van der Waals surface area contributed by atoms with Gasteiger partial charge in [-0.3, -0.25) is 9.69 Å². The van der Waals surface area contributed by atoms with Gasteiger partial charge in [0.1, 0.15) is 5.75 Å². The van der Waals surface area contributed by atoms with Crippen molar-refractivity contribution in [3.63, 3.8) is 0 Å². The summed E-state index contributed by atoms with van der Waals surface area (Å²) in [5, 5.41) is 0.760. The van der Waals surface area contributed by atoms with Crippen LogP contribution in [0, 0.1) is 0 Å². The van der Waals surface area contributed by atoms with E-state index >= 15 is 0 Å². The number of fused-ring (bicyclic) bond motifs is 1. The Bertz CT molecular complexity index is 928. The normalized spacial score (nSPS) is 11.2. The highest BCUT2D eigenvalue weighted by Crippen LogP contribution is 2.32. The highest BCUT2D eigenvalue weighted by Gasteiger charge is 2.19. The van der Waals surface area contributed by atoms with Gasteiger partial charge in [0.2, 0.25) is 5.91 Å². The summed E-state index contributed by atoms with van der Waals surface area (Å²) in [5.41, 5.74) is 0.896. The number of rotatable bonds is 10. The second kappa shape index (κ2) is 10.6. The van der Waals surface area contributed by atoms with Crippen LogP contribution in [-0.4, -0.2) is 55.8 Å². The number of methoxy groups -OCH3 is 1. The minimum atomic E-state index is 0.131. The predicted octanol–water partition coefficient (Wildman–Crippen LogP) is 4.77. The van der Waals surface area contributed by atoms with Crippen molar-refractivity contribution in [2.75, 3.05) is 44.9 Å². The molecule has 1 aromatic heterocycles. The fourth-order valence-electron chi connectivity index (χ4n) is 2.83. The van der Waals surface area contributed by atoms with Crippen molar-refractivity contribution in [1.29, 1.82) is 0 Å². The fraction of sp³-hybridized carbons (Fsp3) is 0.364. The lowest BCUT2D eigenvalue weighted by Crippen LogP contribution is -2.36. The highest BCUT2D eigenvalue weighted by atomic mass is 32.2. The van der Waals surface area contributed by atoms with Crippen LogP contribution in [0.4, 0.5) is 5.13 Å². The zero-order chi connectivity index (χ0) is 20.6. The van der Waals surface area contributed by atoms with Crippen LogP contribution >= 0.6 is 23.1 Å². The predicted molar refractivity (Wildman–Crippen MR) is 123 cm³/mol. The summed E-state index contributed by atoms with van der Waals surface area (Å²) in [7, 11) is 5.69. The number of carbonyl (C=O) groups is 1. The van der Waals surface area contributed by atoms with Crippen LogP contribution in [-0.2, 0) is 4.79 Å². The van der Waals surface area contributed by atoms with E-state index in [2.05, 4.69) is 17.0 Å². The number of nitrogens with zero attached hydrogens (tertiary/aromatic N) is 3. The maximum Gasteiger partial charge on any atom is 0.228 e. The molecule has 1 amide bonds. The van der Waals surface area contributed by atoms with Gasteiger partial charge in [-0.2, -0.15) is 0 Å². The van der Waals surface area contributed by atoms with Gasteiger partial charge in [-0.1, -0.05) is 29.5 Å². The lowest BCUT2D eigenvalue weighted by molar-refractivity contribution is -0.118. The Kier molecular flexibility index (Phi) is 7.91. The molecule has 0 atom stereocenters. The standard InChI is InChI=1S/C22H27N3O2S2/c1-24(2)13-14-25(21(26)10-7-15-28-18-8-5-4-6-9-18)22-23-19-12-11-17(27-3)16-20(19)29-22/h4-6,8-9,11-12,16H,7,10,13-15H2,1-3H3. The summed E-state index contributed by atoms with van der Waals surface area (Å²) in [4.78, 5) is 22.9. The van der Waals surface area contributed by atoms with E-state index in [1.54, 1.807) is 30.2 Å². The molecule has 7 heteroatoms. The van der Waals surface area contributed by atoms with Gasteiger partial charge in [0.15, 0.2) is 5.13 Å². The van der Waals surface area contributed by atoms with Gasteiger partial charge in [0, 0.05) is 24.4 Å². The Hall–Kier alpha value is -2.09. The van der Waals surface area contributed by atoms with E-state index in [4.69, 9.17) is 9.72 Å². The number of hydrogen-bond acceptors (Lipinski definition) is 6. The Labute approximate surface area is 180 Å². The summed E-state index contributed by atoms with van der Waals surface area (Å²) in [6, 6.07) is 16.1. The van der Waals surface area contributed by atoms with Gasteiger partial charge >= 0.3 is 0 Å². The third kappa shape index (κ3) is 6.19. The van der Waals surface area contributed by atoms with Crippen molar-refractivity contribution in [3.8, 4) is 5.75 Å². The molecule has 0 bridgehead atoms. The third-order valence-electron chi connectivity index (χ3n) is 4.43. The molecular formula is C22H27N3O2S2. The lowest BCUT2D eigenvalue weighted by Gasteiger charge is -2.22. The van der Waals surface area contributed by atoms with Crippen LogP contribution in [0.1, 0.15) is 12.8 Å². The molecule has 0 radical (unpaired) electrons. The Morgan fingerprint density at radius 1 is 1.14 bits per heavy atom. The quantitative estimate of drug-likeness (QED) is 0.343. The summed E-state index contributed by atoms with van der Waals surface area (Å²) < 4.78 is 6.34. The van der Waals surface area contributed by atoms with E-state index in [1.165, 1.54) is 4.90 Å². The second-order valence-corrected chi connectivity index (χ2v) is 9.12. The molecule has 0 saturated heterocycles. The minimum Gasteiger partial charge on any atom is -0.497 e. The third-order valence-corrected chi connectivity index (χ3v) is 6.57. The molecule has 0 aliphatic heterocycles. The minimum absolute atomic E-state index is 0.131. The van der Waals surface area contributed by atoms with Crippen LogP contribution < -0.4 is 9.64 Å². The lowest BCUT2D eigenvalue weighted by atomic mass is 10.3. The van der Waals surface area contributed by atoms with Gasteiger partial charge in [0.25, 0.3) is 0 Å². The summed E-state index contributed by atoms with van der Waals surface area (Å²) in [6.45, 7) is 1.43. The average Bonchev–Trinajstić information content (AvgIpc) is 3.14. The smallest absolute Gasteiger partial charge is 0.228 e. The Morgan fingerprint density at radius 2 is 1.93 bits per heavy atom. The Morgan fingerprint density at radius 3 is 2.66 bits per heavy atom. The van der Waals surface area contributed by atoms with Gasteiger partial charge < -0.3 is 9.64 Å². The molecule has 1 heterocycles. The number of benzene rings is 2. The van der Waals surface area contributed by atoms with Crippen LogP contribution in [0.2, 0.25) is 0 Å². The molecule has 0 unspecified atom stereocenters. The number of likely N-dealkylation sites (N-methyl/N-ethyl adjacent to an activating group) is 1. The average molecular weight is 430 g/mol. The molecular weight excluding hydrogens is 402 g/mol. The van der Waals surface area contributed by atoms with Crippen LogP contribution in [0.3, 0.4) is 0 Å². The van der Waals surface area contributed by atoms with E-state index in [1.807, 2.05) is 55.4 Å². The van der Waals surface area contributed by atoms with Crippen LogP contribution in [0.25, 0.3) is 10.2 Å². The molecule has 0 aliphatic rings. The van der Waals surface area contributed by atoms with Crippen LogP contribution in [0.5, 0.6) is 5.75 Å². The van der Waals surface area contributed by atoms with Crippen LogP contribution in [0.15, 0.2) is 53.4 Å². The number of aromatic nitrogens is 1. The van der Waals surface area contributed by atoms with E-state index in [0.717, 1.165) is 39.8 Å². The summed E-state index contributed by atoms with van der Waals surface area (Å²) in [5.74, 6) is 1.86. The fourth-order valence-corrected chi connectivity index (χ4v) is 4.74. The molecule has 0 saturated carbocycles. The SMILES string of the molecule is COc1ccc2nc(N(CCN(C)C)C(=O)CCCSc3ccccc3)sc2c1. The van der Waals surface area contributed by atoms with Crippen molar-refractivity contribution >= 4 is 44.4 Å². The van der Waals surface area contributed by atoms with E-state index in [0.29, 0.717) is 13.0 Å². The summed E-state index contributed by atoms with van der Waals surface area (Å²) >= 11 is 3.33. The van der Waals surface area contributed by atoms with Crippen molar-refractivity contribution < 1.29 is 9.53 Å². The van der Waals surface area contributed by atoms with E-state index in [9.17, 15) is 4.79 Å². The number of ether oxygens (including phenoxy) is 1. The van der Waals surface area contributed by atoms with Crippen molar-refractivity contribution in [2.24, 2.45) is 0 Å². The number of hydrogen-bond donors (Lipinski definition) is 0. The molecule has 29 heavy (non-hydrogen) atoms. The van der Waals surface area contributed by atoms with Crippen molar-refractivity contribution in [2.45, 2.75) is 17.7 Å². The molecule has 3 aromatic rings. The van der Waals surface area contributed by atoms with E-state index in [-0.39, 0.29) is 5.91 Å². The number of thiazole rings is 1. The maximum absolute atomic E-state index is 13.0. The topological polar surface area (TPSA) is 45.7 Å². The highest BCUT2D eigenvalue weighted by molar-refractivity contribution is 7.99. The van der Waals surface area contributed by atoms with Gasteiger partial charge in [-0.15, -0.1) is 11.8 Å². The molecule has 3 rings (SSSR count). The van der Waals surface area contributed by atoms with Gasteiger partial charge in [-0.05, 0) is 56.6 Å². The molecule has 2 aromatic carbocycles. The largest absolute Gasteiger partial charge is 0.497 e. The summed E-state index contributed by atoms with van der Waals surface area (Å²) in [6.07, 6.45) is 1.36.